The molecule has 0 saturated carbocycles. The predicted octanol–water partition coefficient (Wildman–Crippen LogP) is 2.06. The van der Waals surface area contributed by atoms with Crippen LogP contribution < -0.4 is 0 Å². The van der Waals surface area contributed by atoms with Crippen LogP contribution in [-0.4, -0.2) is 12.6 Å². The molecule has 0 spiro atoms. The number of unbranched alkanes of at least 4 members (excludes halogenated alkanes) is 1. The molecule has 11 heavy (non-hydrogen) atoms. The molecule has 0 aliphatic carbocycles. The van der Waals surface area contributed by atoms with Crippen LogP contribution in [0.2, 0.25) is 0 Å². The van der Waals surface area contributed by atoms with Crippen LogP contribution in [0.15, 0.2) is 12.2 Å². The molecule has 0 unspecified atom stereocenters. The van der Waals surface area contributed by atoms with Gasteiger partial charge >= 0.3 is 5.97 Å². The maximum absolute atomic E-state index is 10.7. The van der Waals surface area contributed by atoms with E-state index in [1.807, 2.05) is 0 Å². The third-order valence-electron chi connectivity index (χ3n) is 1.08. The Kier molecular flexibility index (Phi) is 8.43. The van der Waals surface area contributed by atoms with Crippen molar-refractivity contribution in [2.75, 3.05) is 6.61 Å². The van der Waals surface area contributed by atoms with Crippen molar-refractivity contribution in [2.45, 2.75) is 26.7 Å². The Hall–Kier alpha value is -0.860. The lowest BCUT2D eigenvalue weighted by molar-refractivity contribution is -0.139. The summed E-state index contributed by atoms with van der Waals surface area (Å²) in [6.07, 6.45) is 1.97. The van der Waals surface area contributed by atoms with E-state index in [9.17, 15) is 4.79 Å². The first-order valence-electron chi connectivity index (χ1n) is 3.51. The number of halogens is 1. The molecule has 0 bridgehead atoms. The van der Waals surface area contributed by atoms with Crippen molar-refractivity contribution in [3.8, 4) is 0 Å². The van der Waals surface area contributed by atoms with Crippen LogP contribution in [0.3, 0.4) is 0 Å². The van der Waals surface area contributed by atoms with Gasteiger partial charge in [0.1, 0.15) is 0 Å². The molecule has 0 aliphatic rings. The smallest absolute Gasteiger partial charge is 0.333 e. The highest BCUT2D eigenvalue weighted by atomic mass is 19.0. The van der Waals surface area contributed by atoms with E-state index in [0.29, 0.717) is 12.2 Å². The molecule has 66 valence electrons. The Morgan fingerprint density at radius 2 is 2.09 bits per heavy atom. The van der Waals surface area contributed by atoms with Gasteiger partial charge in [0.25, 0.3) is 0 Å². The summed E-state index contributed by atoms with van der Waals surface area (Å²) in [4.78, 5) is 10.7. The first kappa shape index (κ1) is 12.8. The Bertz CT molecular complexity index is 132. The molecule has 0 N–H and O–H groups in total. The number of carbonyl (C=O) groups excluding carboxylic acids is 1. The number of esters is 1. The van der Waals surface area contributed by atoms with Gasteiger partial charge in [-0.1, -0.05) is 19.9 Å². The van der Waals surface area contributed by atoms with Gasteiger partial charge in [0.2, 0.25) is 0 Å². The summed E-state index contributed by atoms with van der Waals surface area (Å²) in [7, 11) is 0. The van der Waals surface area contributed by atoms with Crippen LogP contribution in [0, 0.1) is 0 Å². The largest absolute Gasteiger partial charge is 0.462 e. The Morgan fingerprint density at radius 1 is 1.55 bits per heavy atom. The fraction of sp³-hybridized carbons (Fsp3) is 0.625. The van der Waals surface area contributed by atoms with Crippen molar-refractivity contribution < 1.29 is 14.2 Å². The van der Waals surface area contributed by atoms with Crippen molar-refractivity contribution in [2.24, 2.45) is 0 Å². The number of hydrogen-bond donors (Lipinski definition) is 0. The minimum absolute atomic E-state index is 0. The standard InChI is InChI=1S/C8H14O2.FH/c1-4-5-6-10-8(9)7(2)3;/h2,4-6H2,1,3H3;1H. The van der Waals surface area contributed by atoms with Crippen molar-refractivity contribution in [1.29, 1.82) is 0 Å². The lowest BCUT2D eigenvalue weighted by Gasteiger charge is -2.01. The molecule has 2 nitrogen and oxygen atoms in total. The normalized spacial score (nSPS) is 8.18. The van der Waals surface area contributed by atoms with E-state index < -0.39 is 0 Å². The molecular weight excluding hydrogens is 147 g/mol. The zero-order chi connectivity index (χ0) is 7.98. The molecule has 0 aromatic carbocycles. The Balaban J connectivity index is 0. The first-order chi connectivity index (χ1) is 4.68. The second kappa shape index (κ2) is 7.25. The van der Waals surface area contributed by atoms with Gasteiger partial charge in [-0.05, 0) is 13.3 Å². The second-order valence-electron chi connectivity index (χ2n) is 2.27. The van der Waals surface area contributed by atoms with Crippen LogP contribution >= 0.6 is 0 Å². The molecule has 3 heteroatoms. The van der Waals surface area contributed by atoms with E-state index in [-0.39, 0.29) is 10.7 Å². The summed E-state index contributed by atoms with van der Waals surface area (Å²) in [6.45, 7) is 7.67. The van der Waals surface area contributed by atoms with Gasteiger partial charge in [0.05, 0.1) is 6.61 Å². The molecule has 0 atom stereocenters. The average Bonchev–Trinajstić information content (AvgIpc) is 1.88. The summed E-state index contributed by atoms with van der Waals surface area (Å²) >= 11 is 0. The quantitative estimate of drug-likeness (QED) is 0.359. The zero-order valence-electron chi connectivity index (χ0n) is 7.05. The van der Waals surface area contributed by atoms with E-state index >= 15 is 0 Å². The molecule has 0 fully saturated rings. The molecule has 0 rings (SSSR count). The lowest BCUT2D eigenvalue weighted by atomic mass is 10.3. The van der Waals surface area contributed by atoms with Crippen molar-refractivity contribution in [3.05, 3.63) is 12.2 Å². The maximum Gasteiger partial charge on any atom is 0.333 e. The first-order valence-corrected chi connectivity index (χ1v) is 3.51. The Morgan fingerprint density at radius 3 is 2.45 bits per heavy atom. The van der Waals surface area contributed by atoms with Gasteiger partial charge in [-0.15, -0.1) is 0 Å². The third kappa shape index (κ3) is 7.03. The molecular formula is C8H15FO2. The number of rotatable bonds is 4. The summed E-state index contributed by atoms with van der Waals surface area (Å²) in [5, 5.41) is 0. The number of carbonyl (C=O) groups is 1. The van der Waals surface area contributed by atoms with E-state index in [2.05, 4.69) is 13.5 Å². The molecule has 0 amide bonds. The number of hydrogen-bond acceptors (Lipinski definition) is 2. The van der Waals surface area contributed by atoms with Gasteiger partial charge in [-0.2, -0.15) is 0 Å². The van der Waals surface area contributed by atoms with Gasteiger partial charge in [-0.25, -0.2) is 4.79 Å². The van der Waals surface area contributed by atoms with Gasteiger partial charge in [0, 0.05) is 5.57 Å². The van der Waals surface area contributed by atoms with Crippen LogP contribution in [0.25, 0.3) is 0 Å². The maximum atomic E-state index is 10.7. The highest BCUT2D eigenvalue weighted by Gasteiger charge is 2.00. The average molecular weight is 162 g/mol. The second-order valence-corrected chi connectivity index (χ2v) is 2.27. The summed E-state index contributed by atoms with van der Waals surface area (Å²) < 4.78 is 4.81. The molecule has 0 aliphatic heterocycles. The molecule has 0 saturated heterocycles. The number of ether oxygens (including phenoxy) is 1. The SMILES string of the molecule is C=C(C)C(=O)OCCCC.F. The minimum Gasteiger partial charge on any atom is -0.462 e. The highest BCUT2D eigenvalue weighted by Crippen LogP contribution is 1.94. The van der Waals surface area contributed by atoms with Gasteiger partial charge in [-0.3, -0.25) is 4.70 Å². The van der Waals surface area contributed by atoms with Crippen molar-refractivity contribution in [1.82, 2.24) is 0 Å². The van der Waals surface area contributed by atoms with Gasteiger partial charge in [0.15, 0.2) is 0 Å². The van der Waals surface area contributed by atoms with Crippen LogP contribution in [0.5, 0.6) is 0 Å². The van der Waals surface area contributed by atoms with Crippen LogP contribution in [0.4, 0.5) is 4.70 Å². The van der Waals surface area contributed by atoms with Gasteiger partial charge < -0.3 is 4.74 Å². The van der Waals surface area contributed by atoms with E-state index in [1.54, 1.807) is 6.92 Å². The van der Waals surface area contributed by atoms with E-state index in [4.69, 9.17) is 4.74 Å². The predicted molar refractivity (Wildman–Crippen MR) is 43.2 cm³/mol. The molecule has 0 heterocycles. The molecule has 0 aromatic rings. The monoisotopic (exact) mass is 162 g/mol. The minimum atomic E-state index is -0.284. The molecule has 0 radical (unpaired) electrons. The summed E-state index contributed by atoms with van der Waals surface area (Å²) in [6, 6.07) is 0. The van der Waals surface area contributed by atoms with Crippen LogP contribution in [-0.2, 0) is 9.53 Å². The fourth-order valence-corrected chi connectivity index (χ4v) is 0.432. The highest BCUT2D eigenvalue weighted by molar-refractivity contribution is 5.86. The summed E-state index contributed by atoms with van der Waals surface area (Å²) in [5.41, 5.74) is 0.469. The fourth-order valence-electron chi connectivity index (χ4n) is 0.432. The molecule has 0 aromatic heterocycles. The lowest BCUT2D eigenvalue weighted by Crippen LogP contribution is -2.05. The zero-order valence-corrected chi connectivity index (χ0v) is 7.05. The topological polar surface area (TPSA) is 26.3 Å². The summed E-state index contributed by atoms with van der Waals surface area (Å²) in [5.74, 6) is -0.284. The van der Waals surface area contributed by atoms with E-state index in [0.717, 1.165) is 12.8 Å². The Labute approximate surface area is 66.6 Å². The van der Waals surface area contributed by atoms with Crippen LogP contribution in [0.1, 0.15) is 26.7 Å². The van der Waals surface area contributed by atoms with E-state index in [1.165, 1.54) is 0 Å². The third-order valence-corrected chi connectivity index (χ3v) is 1.08. The van der Waals surface area contributed by atoms with Crippen molar-refractivity contribution in [3.63, 3.8) is 0 Å². The van der Waals surface area contributed by atoms with Crippen molar-refractivity contribution >= 4 is 5.97 Å².